The van der Waals surface area contributed by atoms with Gasteiger partial charge in [0, 0.05) is 6.54 Å². The number of rotatable bonds is 5. The molecule has 1 aromatic rings. The minimum atomic E-state index is -0.140. The highest BCUT2D eigenvalue weighted by molar-refractivity contribution is 5.91. The highest BCUT2D eigenvalue weighted by Gasteiger charge is 2.17. The van der Waals surface area contributed by atoms with E-state index in [0.29, 0.717) is 18.1 Å². The van der Waals surface area contributed by atoms with E-state index in [-0.39, 0.29) is 5.91 Å². The summed E-state index contributed by atoms with van der Waals surface area (Å²) in [7, 11) is 0. The Labute approximate surface area is 95.2 Å². The molecule has 0 atom stereocenters. The number of hydrogen-bond acceptors (Lipinski definition) is 3. The maximum Gasteiger partial charge on any atom is 0.286 e. The lowest BCUT2D eigenvalue weighted by molar-refractivity contribution is 0.0919. The van der Waals surface area contributed by atoms with Crippen LogP contribution < -0.4 is 11.1 Å². The van der Waals surface area contributed by atoms with Crippen molar-refractivity contribution in [3.8, 4) is 0 Å². The summed E-state index contributed by atoms with van der Waals surface area (Å²) in [6.45, 7) is 1.07. The molecule has 1 aliphatic rings. The molecule has 3 N–H and O–H groups in total. The van der Waals surface area contributed by atoms with Gasteiger partial charge in [0.05, 0.1) is 6.54 Å². The monoisotopic (exact) mass is 222 g/mol. The zero-order valence-electron chi connectivity index (χ0n) is 9.37. The first-order valence-electron chi connectivity index (χ1n) is 5.86. The van der Waals surface area contributed by atoms with E-state index < -0.39 is 0 Å². The second-order valence-electron chi connectivity index (χ2n) is 4.31. The summed E-state index contributed by atoms with van der Waals surface area (Å²) in [6, 6.07) is 3.40. The summed E-state index contributed by atoms with van der Waals surface area (Å²) >= 11 is 0. The SMILES string of the molecule is NCc1ccc(C(=O)NCCC2CCC2)o1. The topological polar surface area (TPSA) is 68.3 Å². The summed E-state index contributed by atoms with van der Waals surface area (Å²) in [5.41, 5.74) is 5.40. The van der Waals surface area contributed by atoms with Gasteiger partial charge in [-0.1, -0.05) is 19.3 Å². The molecule has 4 heteroatoms. The number of hydrogen-bond donors (Lipinski definition) is 2. The average molecular weight is 222 g/mol. The van der Waals surface area contributed by atoms with E-state index in [2.05, 4.69) is 5.32 Å². The lowest BCUT2D eigenvalue weighted by Crippen LogP contribution is -2.27. The van der Waals surface area contributed by atoms with Crippen LogP contribution in [0.4, 0.5) is 0 Å². The fourth-order valence-electron chi connectivity index (χ4n) is 1.87. The molecule has 1 fully saturated rings. The number of nitrogens with two attached hydrogens (primary N) is 1. The van der Waals surface area contributed by atoms with Crippen molar-refractivity contribution in [3.05, 3.63) is 23.7 Å². The molecule has 0 radical (unpaired) electrons. The van der Waals surface area contributed by atoms with E-state index >= 15 is 0 Å². The van der Waals surface area contributed by atoms with E-state index in [4.69, 9.17) is 10.2 Å². The highest BCUT2D eigenvalue weighted by atomic mass is 16.4. The molecule has 88 valence electrons. The third kappa shape index (κ3) is 2.64. The molecule has 16 heavy (non-hydrogen) atoms. The van der Waals surface area contributed by atoms with Gasteiger partial charge in [0.15, 0.2) is 5.76 Å². The molecule has 0 saturated heterocycles. The van der Waals surface area contributed by atoms with Crippen molar-refractivity contribution in [2.45, 2.75) is 32.2 Å². The van der Waals surface area contributed by atoms with Gasteiger partial charge in [-0.15, -0.1) is 0 Å². The van der Waals surface area contributed by atoms with Gasteiger partial charge in [-0.3, -0.25) is 4.79 Å². The van der Waals surface area contributed by atoms with Gasteiger partial charge in [0.1, 0.15) is 5.76 Å². The predicted molar refractivity (Wildman–Crippen MR) is 60.9 cm³/mol. The van der Waals surface area contributed by atoms with Gasteiger partial charge >= 0.3 is 0 Å². The van der Waals surface area contributed by atoms with Gasteiger partial charge < -0.3 is 15.5 Å². The van der Waals surface area contributed by atoms with Crippen molar-refractivity contribution < 1.29 is 9.21 Å². The molecule has 0 bridgehead atoms. The van der Waals surface area contributed by atoms with Crippen LogP contribution in [0.15, 0.2) is 16.5 Å². The zero-order chi connectivity index (χ0) is 11.4. The summed E-state index contributed by atoms with van der Waals surface area (Å²) < 4.78 is 5.26. The molecule has 1 aliphatic carbocycles. The second kappa shape index (κ2) is 5.16. The third-order valence-corrected chi connectivity index (χ3v) is 3.15. The van der Waals surface area contributed by atoms with Gasteiger partial charge in [0.25, 0.3) is 5.91 Å². The summed E-state index contributed by atoms with van der Waals surface area (Å²) in [6.07, 6.45) is 5.05. The molecule has 2 rings (SSSR count). The Morgan fingerprint density at radius 1 is 1.50 bits per heavy atom. The first kappa shape index (κ1) is 11.2. The maximum atomic E-state index is 11.6. The van der Waals surface area contributed by atoms with Crippen molar-refractivity contribution in [1.82, 2.24) is 5.32 Å². The van der Waals surface area contributed by atoms with Crippen LogP contribution in [0.1, 0.15) is 42.0 Å². The summed E-state index contributed by atoms with van der Waals surface area (Å²) in [5, 5.41) is 2.86. The Kier molecular flexibility index (Phi) is 3.62. The Balaban J connectivity index is 1.73. The summed E-state index contributed by atoms with van der Waals surface area (Å²) in [5.74, 6) is 1.67. The number of carbonyl (C=O) groups excluding carboxylic acids is 1. The molecule has 1 aromatic heterocycles. The molecular formula is C12H18N2O2. The van der Waals surface area contributed by atoms with Crippen molar-refractivity contribution in [3.63, 3.8) is 0 Å². The van der Waals surface area contributed by atoms with Crippen molar-refractivity contribution in [2.24, 2.45) is 11.7 Å². The fourth-order valence-corrected chi connectivity index (χ4v) is 1.87. The summed E-state index contributed by atoms with van der Waals surface area (Å²) in [4.78, 5) is 11.6. The van der Waals surface area contributed by atoms with Crippen molar-refractivity contribution >= 4 is 5.91 Å². The first-order valence-corrected chi connectivity index (χ1v) is 5.86. The van der Waals surface area contributed by atoms with Gasteiger partial charge in [0.2, 0.25) is 0 Å². The number of nitrogens with one attached hydrogen (secondary N) is 1. The molecule has 1 saturated carbocycles. The van der Waals surface area contributed by atoms with Crippen LogP contribution in [0.5, 0.6) is 0 Å². The Bertz CT molecular complexity index is 356. The van der Waals surface area contributed by atoms with Gasteiger partial charge in [-0.2, -0.15) is 0 Å². The van der Waals surface area contributed by atoms with Gasteiger partial charge in [-0.05, 0) is 24.5 Å². The van der Waals surface area contributed by atoms with Crippen LogP contribution in [-0.4, -0.2) is 12.5 Å². The van der Waals surface area contributed by atoms with Gasteiger partial charge in [-0.25, -0.2) is 0 Å². The smallest absolute Gasteiger partial charge is 0.286 e. The Morgan fingerprint density at radius 2 is 2.31 bits per heavy atom. The average Bonchev–Trinajstić information content (AvgIpc) is 2.69. The Morgan fingerprint density at radius 3 is 2.88 bits per heavy atom. The molecule has 4 nitrogen and oxygen atoms in total. The van der Waals surface area contributed by atoms with Crippen molar-refractivity contribution in [2.75, 3.05) is 6.54 Å². The number of amides is 1. The predicted octanol–water partition coefficient (Wildman–Crippen LogP) is 1.66. The first-order chi connectivity index (χ1) is 7.79. The zero-order valence-corrected chi connectivity index (χ0v) is 9.37. The van der Waals surface area contributed by atoms with Crippen LogP contribution in [0.2, 0.25) is 0 Å². The molecular weight excluding hydrogens is 204 g/mol. The van der Waals surface area contributed by atoms with E-state index in [0.717, 1.165) is 18.9 Å². The number of furan rings is 1. The highest BCUT2D eigenvalue weighted by Crippen LogP contribution is 2.28. The normalized spacial score (nSPS) is 15.8. The Hall–Kier alpha value is -1.29. The number of carbonyl (C=O) groups is 1. The quantitative estimate of drug-likeness (QED) is 0.796. The molecule has 0 aliphatic heterocycles. The van der Waals surface area contributed by atoms with Crippen LogP contribution in [0.25, 0.3) is 0 Å². The van der Waals surface area contributed by atoms with Crippen LogP contribution in [0, 0.1) is 5.92 Å². The molecule has 0 aromatic carbocycles. The molecule has 1 amide bonds. The lowest BCUT2D eigenvalue weighted by Gasteiger charge is -2.24. The molecule has 0 unspecified atom stereocenters. The minimum absolute atomic E-state index is 0.140. The van der Waals surface area contributed by atoms with E-state index in [9.17, 15) is 4.79 Å². The minimum Gasteiger partial charge on any atom is -0.455 e. The standard InChI is InChI=1S/C12H18N2O2/c13-8-10-4-5-11(16-10)12(15)14-7-6-9-2-1-3-9/h4-5,9H,1-3,6-8,13H2,(H,14,15). The van der Waals surface area contributed by atoms with E-state index in [1.54, 1.807) is 12.1 Å². The fraction of sp³-hybridized carbons (Fsp3) is 0.583. The largest absolute Gasteiger partial charge is 0.455 e. The lowest BCUT2D eigenvalue weighted by atomic mass is 9.83. The van der Waals surface area contributed by atoms with Crippen LogP contribution in [-0.2, 0) is 6.54 Å². The van der Waals surface area contributed by atoms with E-state index in [1.807, 2.05) is 0 Å². The third-order valence-electron chi connectivity index (χ3n) is 3.15. The van der Waals surface area contributed by atoms with E-state index in [1.165, 1.54) is 19.3 Å². The van der Waals surface area contributed by atoms with Crippen LogP contribution >= 0.6 is 0 Å². The molecule has 1 heterocycles. The van der Waals surface area contributed by atoms with Crippen LogP contribution in [0.3, 0.4) is 0 Å². The van der Waals surface area contributed by atoms with Crippen molar-refractivity contribution in [1.29, 1.82) is 0 Å². The molecule has 0 spiro atoms. The second-order valence-corrected chi connectivity index (χ2v) is 4.31. The maximum absolute atomic E-state index is 11.6.